The van der Waals surface area contributed by atoms with Gasteiger partial charge in [-0.25, -0.2) is 4.79 Å². The molecular formula is C6H10O3. The lowest BCUT2D eigenvalue weighted by Gasteiger charge is -2.06. The van der Waals surface area contributed by atoms with E-state index in [1.165, 1.54) is 7.11 Å². The number of carboxylic acid groups (broad SMARTS) is 1. The number of methoxy groups -OCH3 is 1. The number of rotatable bonds is 3. The van der Waals surface area contributed by atoms with E-state index in [1.807, 2.05) is 0 Å². The summed E-state index contributed by atoms with van der Waals surface area (Å²) in [5.74, 6) is -0.549. The lowest BCUT2D eigenvalue weighted by Crippen LogP contribution is -2.24. The molecule has 1 N–H and O–H groups in total. The molecule has 0 aromatic rings. The third-order valence-electron chi connectivity index (χ3n) is 1.55. The zero-order chi connectivity index (χ0) is 6.85. The van der Waals surface area contributed by atoms with Crippen LogP contribution in [0.4, 0.5) is 0 Å². The van der Waals surface area contributed by atoms with Gasteiger partial charge in [-0.3, -0.25) is 0 Å². The summed E-state index contributed by atoms with van der Waals surface area (Å²) in [6.07, 6.45) is 1.46. The van der Waals surface area contributed by atoms with Crippen molar-refractivity contribution in [3.63, 3.8) is 0 Å². The lowest BCUT2D eigenvalue weighted by molar-refractivity contribution is -0.149. The zero-order valence-corrected chi connectivity index (χ0v) is 5.33. The largest absolute Gasteiger partial charge is 0.479 e. The van der Waals surface area contributed by atoms with Crippen LogP contribution in [0.1, 0.15) is 12.8 Å². The van der Waals surface area contributed by atoms with Gasteiger partial charge in [0.1, 0.15) is 0 Å². The predicted octanol–water partition coefficient (Wildman–Crippen LogP) is 0.496. The number of hydrogen-bond acceptors (Lipinski definition) is 2. The Kier molecular flexibility index (Phi) is 1.71. The molecule has 0 aromatic heterocycles. The molecule has 0 heterocycles. The number of ether oxygens (including phenoxy) is 1. The Balaban J connectivity index is 2.37. The van der Waals surface area contributed by atoms with Crippen LogP contribution in [-0.4, -0.2) is 24.3 Å². The highest BCUT2D eigenvalue weighted by Gasteiger charge is 2.36. The molecule has 0 bridgehead atoms. The van der Waals surface area contributed by atoms with Crippen molar-refractivity contribution in [2.45, 2.75) is 18.9 Å². The van der Waals surface area contributed by atoms with Gasteiger partial charge >= 0.3 is 5.97 Å². The summed E-state index contributed by atoms with van der Waals surface area (Å²) in [5.41, 5.74) is 0. The fourth-order valence-corrected chi connectivity index (χ4v) is 0.894. The Hall–Kier alpha value is -0.570. The number of carbonyl (C=O) groups is 1. The molecule has 1 fully saturated rings. The molecule has 1 aliphatic carbocycles. The van der Waals surface area contributed by atoms with Crippen molar-refractivity contribution in [3.8, 4) is 0 Å². The van der Waals surface area contributed by atoms with Gasteiger partial charge in [0, 0.05) is 7.11 Å². The van der Waals surface area contributed by atoms with E-state index in [4.69, 9.17) is 9.84 Å². The molecule has 1 atom stereocenters. The van der Waals surface area contributed by atoms with Gasteiger partial charge in [-0.2, -0.15) is 0 Å². The minimum atomic E-state index is -0.833. The van der Waals surface area contributed by atoms with Crippen LogP contribution in [0.3, 0.4) is 0 Å². The van der Waals surface area contributed by atoms with Crippen molar-refractivity contribution < 1.29 is 14.6 Å². The number of carboxylic acids is 1. The second kappa shape index (κ2) is 2.35. The molecule has 52 valence electrons. The second-order valence-electron chi connectivity index (χ2n) is 2.33. The van der Waals surface area contributed by atoms with Crippen molar-refractivity contribution in [1.29, 1.82) is 0 Å². The van der Waals surface area contributed by atoms with E-state index in [-0.39, 0.29) is 5.92 Å². The molecule has 0 spiro atoms. The Morgan fingerprint density at radius 3 is 2.44 bits per heavy atom. The molecule has 0 aromatic carbocycles. The van der Waals surface area contributed by atoms with Crippen LogP contribution in [0.2, 0.25) is 0 Å². The van der Waals surface area contributed by atoms with Crippen molar-refractivity contribution in [1.82, 2.24) is 0 Å². The molecular weight excluding hydrogens is 120 g/mol. The average molecular weight is 130 g/mol. The van der Waals surface area contributed by atoms with Gasteiger partial charge in [-0.15, -0.1) is 0 Å². The first-order chi connectivity index (χ1) is 4.25. The van der Waals surface area contributed by atoms with Gasteiger partial charge in [-0.05, 0) is 18.8 Å². The molecule has 0 aliphatic heterocycles. The first kappa shape index (κ1) is 6.55. The Morgan fingerprint density at radius 2 is 2.33 bits per heavy atom. The fraction of sp³-hybridized carbons (Fsp3) is 0.833. The maximum absolute atomic E-state index is 10.3. The molecule has 1 aliphatic rings. The standard InChI is InChI=1S/C6H10O3/c1-9-5(6(7)8)4-2-3-4/h4-5H,2-3H2,1H3,(H,7,8)/t5-/m1/s1. The summed E-state index contributed by atoms with van der Waals surface area (Å²) in [6, 6.07) is 0. The number of aliphatic carboxylic acids is 1. The van der Waals surface area contributed by atoms with Crippen LogP contribution in [-0.2, 0) is 9.53 Å². The maximum Gasteiger partial charge on any atom is 0.333 e. The second-order valence-corrected chi connectivity index (χ2v) is 2.33. The van der Waals surface area contributed by atoms with E-state index in [0.717, 1.165) is 12.8 Å². The Labute approximate surface area is 53.6 Å². The van der Waals surface area contributed by atoms with Crippen molar-refractivity contribution in [3.05, 3.63) is 0 Å². The third-order valence-corrected chi connectivity index (χ3v) is 1.55. The SMILES string of the molecule is CO[C@@H](C(=O)O)C1CC1. The van der Waals surface area contributed by atoms with Gasteiger partial charge in [0.15, 0.2) is 6.10 Å². The van der Waals surface area contributed by atoms with E-state index >= 15 is 0 Å². The molecule has 0 radical (unpaired) electrons. The summed E-state index contributed by atoms with van der Waals surface area (Å²) in [7, 11) is 1.44. The Morgan fingerprint density at radius 1 is 1.78 bits per heavy atom. The highest BCUT2D eigenvalue weighted by atomic mass is 16.5. The lowest BCUT2D eigenvalue weighted by atomic mass is 10.2. The van der Waals surface area contributed by atoms with E-state index in [2.05, 4.69) is 0 Å². The van der Waals surface area contributed by atoms with Crippen LogP contribution >= 0.6 is 0 Å². The van der Waals surface area contributed by atoms with Gasteiger partial charge in [0.25, 0.3) is 0 Å². The maximum atomic E-state index is 10.3. The van der Waals surface area contributed by atoms with E-state index in [0.29, 0.717) is 0 Å². The zero-order valence-electron chi connectivity index (χ0n) is 5.33. The Bertz CT molecular complexity index is 117. The van der Waals surface area contributed by atoms with Crippen LogP contribution in [0.15, 0.2) is 0 Å². The summed E-state index contributed by atoms with van der Waals surface area (Å²) in [4.78, 5) is 10.3. The molecule has 0 saturated heterocycles. The molecule has 3 nitrogen and oxygen atoms in total. The van der Waals surface area contributed by atoms with Crippen molar-refractivity contribution in [2.24, 2.45) is 5.92 Å². The van der Waals surface area contributed by atoms with Gasteiger partial charge in [-0.1, -0.05) is 0 Å². The summed E-state index contributed by atoms with van der Waals surface area (Å²) in [6.45, 7) is 0. The monoisotopic (exact) mass is 130 g/mol. The minimum absolute atomic E-state index is 0.285. The molecule has 0 amide bonds. The first-order valence-corrected chi connectivity index (χ1v) is 3.01. The van der Waals surface area contributed by atoms with Crippen LogP contribution in [0, 0.1) is 5.92 Å². The average Bonchev–Trinajstić information content (AvgIpc) is 2.50. The molecule has 3 heteroatoms. The fourth-order valence-electron chi connectivity index (χ4n) is 0.894. The van der Waals surface area contributed by atoms with Crippen LogP contribution < -0.4 is 0 Å². The summed E-state index contributed by atoms with van der Waals surface area (Å²) < 4.78 is 4.74. The van der Waals surface area contributed by atoms with Gasteiger partial charge in [0.2, 0.25) is 0 Å². The predicted molar refractivity (Wildman–Crippen MR) is 31.2 cm³/mol. The summed E-state index contributed by atoms with van der Waals surface area (Å²) in [5, 5.41) is 8.46. The third kappa shape index (κ3) is 1.42. The van der Waals surface area contributed by atoms with Crippen molar-refractivity contribution in [2.75, 3.05) is 7.11 Å². The minimum Gasteiger partial charge on any atom is -0.479 e. The highest BCUT2D eigenvalue weighted by molar-refractivity contribution is 5.73. The van der Waals surface area contributed by atoms with Gasteiger partial charge < -0.3 is 9.84 Å². The van der Waals surface area contributed by atoms with E-state index in [9.17, 15) is 4.79 Å². The van der Waals surface area contributed by atoms with Crippen LogP contribution in [0.5, 0.6) is 0 Å². The number of hydrogen-bond donors (Lipinski definition) is 1. The molecule has 1 rings (SSSR count). The quantitative estimate of drug-likeness (QED) is 0.605. The van der Waals surface area contributed by atoms with Gasteiger partial charge in [0.05, 0.1) is 0 Å². The smallest absolute Gasteiger partial charge is 0.333 e. The highest BCUT2D eigenvalue weighted by Crippen LogP contribution is 2.33. The summed E-state index contributed by atoms with van der Waals surface area (Å²) >= 11 is 0. The first-order valence-electron chi connectivity index (χ1n) is 3.01. The van der Waals surface area contributed by atoms with Crippen molar-refractivity contribution >= 4 is 5.97 Å². The normalized spacial score (nSPS) is 21.4. The van der Waals surface area contributed by atoms with Crippen LogP contribution in [0.25, 0.3) is 0 Å². The van der Waals surface area contributed by atoms with E-state index in [1.54, 1.807) is 0 Å². The molecule has 0 unspecified atom stereocenters. The van der Waals surface area contributed by atoms with E-state index < -0.39 is 12.1 Å². The topological polar surface area (TPSA) is 46.5 Å². The molecule has 1 saturated carbocycles. The molecule has 9 heavy (non-hydrogen) atoms.